The summed E-state index contributed by atoms with van der Waals surface area (Å²) in [6.45, 7) is 3.55. The van der Waals surface area contributed by atoms with Crippen molar-refractivity contribution in [1.82, 2.24) is 10.6 Å². The highest BCUT2D eigenvalue weighted by Gasteiger charge is 2.29. The maximum atomic E-state index is 13.9. The highest BCUT2D eigenvalue weighted by Crippen LogP contribution is 2.35. The van der Waals surface area contributed by atoms with Crippen LogP contribution in [0.5, 0.6) is 0 Å². The van der Waals surface area contributed by atoms with E-state index in [2.05, 4.69) is 17.6 Å². The van der Waals surface area contributed by atoms with Crippen molar-refractivity contribution in [3.8, 4) is 0 Å². The Hall–Kier alpha value is -1.46. The molecule has 116 valence electrons. The number of hydrogen-bond acceptors (Lipinski definition) is 3. The summed E-state index contributed by atoms with van der Waals surface area (Å²) in [5, 5.41) is 6.03. The van der Waals surface area contributed by atoms with Crippen LogP contribution in [0.15, 0.2) is 18.2 Å². The first-order valence-electron chi connectivity index (χ1n) is 7.39. The van der Waals surface area contributed by atoms with Gasteiger partial charge in [0, 0.05) is 13.7 Å². The van der Waals surface area contributed by atoms with Gasteiger partial charge in [0.1, 0.15) is 5.82 Å². The highest BCUT2D eigenvalue weighted by molar-refractivity contribution is 5.78. The SMILES string of the molecule is COCCNCC(=O)NC1c2cccc(F)c2CCC1C. The molecule has 0 radical (unpaired) electrons. The van der Waals surface area contributed by atoms with E-state index in [0.717, 1.165) is 24.0 Å². The molecule has 2 atom stereocenters. The number of nitrogens with one attached hydrogen (secondary N) is 2. The number of carbonyl (C=O) groups excluding carboxylic acids is 1. The smallest absolute Gasteiger partial charge is 0.234 e. The van der Waals surface area contributed by atoms with Gasteiger partial charge in [-0.25, -0.2) is 4.39 Å². The normalized spacial score (nSPS) is 20.9. The van der Waals surface area contributed by atoms with Crippen molar-refractivity contribution < 1.29 is 13.9 Å². The summed E-state index contributed by atoms with van der Waals surface area (Å²) in [5.41, 5.74) is 1.66. The zero-order valence-corrected chi connectivity index (χ0v) is 12.6. The molecule has 0 fully saturated rings. The predicted octanol–water partition coefficient (Wildman–Crippen LogP) is 1.80. The molecule has 0 saturated heterocycles. The number of hydrogen-bond donors (Lipinski definition) is 2. The van der Waals surface area contributed by atoms with E-state index in [1.54, 1.807) is 13.2 Å². The third-order valence-electron chi connectivity index (χ3n) is 3.99. The Bertz CT molecular complexity index is 493. The molecule has 1 aromatic carbocycles. The minimum Gasteiger partial charge on any atom is -0.383 e. The van der Waals surface area contributed by atoms with Crippen LogP contribution in [0.25, 0.3) is 0 Å². The quantitative estimate of drug-likeness (QED) is 0.787. The van der Waals surface area contributed by atoms with Crippen molar-refractivity contribution in [2.45, 2.75) is 25.8 Å². The molecule has 0 heterocycles. The minimum atomic E-state index is -0.170. The molecule has 21 heavy (non-hydrogen) atoms. The second kappa shape index (κ2) is 7.52. The summed E-state index contributed by atoms with van der Waals surface area (Å²) in [6, 6.07) is 5.00. The Morgan fingerprint density at radius 3 is 3.05 bits per heavy atom. The summed E-state index contributed by atoms with van der Waals surface area (Å²) in [6.07, 6.45) is 1.62. The second-order valence-corrected chi connectivity index (χ2v) is 5.54. The number of ether oxygens (including phenoxy) is 1. The number of rotatable bonds is 6. The molecule has 2 N–H and O–H groups in total. The molecule has 1 aliphatic rings. The van der Waals surface area contributed by atoms with E-state index in [1.165, 1.54) is 6.07 Å². The summed E-state index contributed by atoms with van der Waals surface area (Å²) in [5.74, 6) is 0.0687. The van der Waals surface area contributed by atoms with E-state index >= 15 is 0 Å². The Balaban J connectivity index is 1.99. The van der Waals surface area contributed by atoms with Gasteiger partial charge in [-0.3, -0.25) is 4.79 Å². The predicted molar refractivity (Wildman–Crippen MR) is 79.5 cm³/mol. The molecule has 2 rings (SSSR count). The van der Waals surface area contributed by atoms with Crippen LogP contribution in [0.4, 0.5) is 4.39 Å². The molecule has 5 heteroatoms. The van der Waals surface area contributed by atoms with Gasteiger partial charge >= 0.3 is 0 Å². The van der Waals surface area contributed by atoms with E-state index in [9.17, 15) is 9.18 Å². The maximum absolute atomic E-state index is 13.9. The van der Waals surface area contributed by atoms with Crippen molar-refractivity contribution >= 4 is 5.91 Å². The lowest BCUT2D eigenvalue weighted by atomic mass is 9.80. The Labute approximate surface area is 125 Å². The lowest BCUT2D eigenvalue weighted by Crippen LogP contribution is -2.41. The first-order valence-corrected chi connectivity index (χ1v) is 7.39. The lowest BCUT2D eigenvalue weighted by Gasteiger charge is -2.32. The van der Waals surface area contributed by atoms with Crippen LogP contribution in [-0.2, 0) is 16.0 Å². The van der Waals surface area contributed by atoms with Gasteiger partial charge in [-0.1, -0.05) is 19.1 Å². The third kappa shape index (κ3) is 4.02. The standard InChI is InChI=1S/C16H23FN2O2/c1-11-6-7-12-13(4-3-5-14(12)17)16(11)19-15(20)10-18-8-9-21-2/h3-5,11,16,18H,6-10H2,1-2H3,(H,19,20). The van der Waals surface area contributed by atoms with Gasteiger partial charge in [0.05, 0.1) is 19.2 Å². The topological polar surface area (TPSA) is 50.4 Å². The van der Waals surface area contributed by atoms with Gasteiger partial charge < -0.3 is 15.4 Å². The fourth-order valence-corrected chi connectivity index (χ4v) is 2.80. The van der Waals surface area contributed by atoms with Gasteiger partial charge in [-0.05, 0) is 36.0 Å². The van der Waals surface area contributed by atoms with Gasteiger partial charge in [-0.15, -0.1) is 0 Å². The first-order chi connectivity index (χ1) is 10.1. The molecule has 0 aromatic heterocycles. The fraction of sp³-hybridized carbons (Fsp3) is 0.562. The van der Waals surface area contributed by atoms with Crippen LogP contribution in [0.2, 0.25) is 0 Å². The average molecular weight is 294 g/mol. The number of methoxy groups -OCH3 is 1. The van der Waals surface area contributed by atoms with E-state index in [0.29, 0.717) is 19.1 Å². The Morgan fingerprint density at radius 1 is 1.48 bits per heavy atom. The van der Waals surface area contributed by atoms with E-state index in [-0.39, 0.29) is 24.3 Å². The molecular weight excluding hydrogens is 271 g/mol. The first kappa shape index (κ1) is 15.9. The maximum Gasteiger partial charge on any atom is 0.234 e. The van der Waals surface area contributed by atoms with Crippen LogP contribution in [0.3, 0.4) is 0 Å². The average Bonchev–Trinajstić information content (AvgIpc) is 2.47. The van der Waals surface area contributed by atoms with Crippen molar-refractivity contribution in [3.63, 3.8) is 0 Å². The van der Waals surface area contributed by atoms with E-state index < -0.39 is 0 Å². The van der Waals surface area contributed by atoms with Crippen molar-refractivity contribution in [1.29, 1.82) is 0 Å². The summed E-state index contributed by atoms with van der Waals surface area (Å²) < 4.78 is 18.8. The van der Waals surface area contributed by atoms with Crippen LogP contribution in [0.1, 0.15) is 30.5 Å². The molecule has 1 amide bonds. The van der Waals surface area contributed by atoms with Crippen LogP contribution in [0, 0.1) is 11.7 Å². The van der Waals surface area contributed by atoms with E-state index in [1.807, 2.05) is 6.07 Å². The summed E-state index contributed by atoms with van der Waals surface area (Å²) in [7, 11) is 1.62. The van der Waals surface area contributed by atoms with Crippen molar-refractivity contribution in [3.05, 3.63) is 35.1 Å². The number of halogens is 1. The van der Waals surface area contributed by atoms with Crippen molar-refractivity contribution in [2.24, 2.45) is 5.92 Å². The van der Waals surface area contributed by atoms with E-state index in [4.69, 9.17) is 4.74 Å². The number of carbonyl (C=O) groups is 1. The molecule has 0 saturated carbocycles. The molecule has 1 aliphatic carbocycles. The van der Waals surface area contributed by atoms with Crippen LogP contribution < -0.4 is 10.6 Å². The molecule has 0 aliphatic heterocycles. The Morgan fingerprint density at radius 2 is 2.29 bits per heavy atom. The summed E-state index contributed by atoms with van der Waals surface area (Å²) in [4.78, 5) is 12.0. The monoisotopic (exact) mass is 294 g/mol. The third-order valence-corrected chi connectivity index (χ3v) is 3.99. The fourth-order valence-electron chi connectivity index (χ4n) is 2.80. The van der Waals surface area contributed by atoms with Gasteiger partial charge in [-0.2, -0.15) is 0 Å². The molecule has 2 unspecified atom stereocenters. The molecule has 0 spiro atoms. The van der Waals surface area contributed by atoms with Gasteiger partial charge in [0.2, 0.25) is 5.91 Å². The molecule has 1 aromatic rings. The van der Waals surface area contributed by atoms with Crippen LogP contribution >= 0.6 is 0 Å². The zero-order chi connectivity index (χ0) is 15.2. The number of amides is 1. The largest absolute Gasteiger partial charge is 0.383 e. The minimum absolute atomic E-state index is 0.0694. The van der Waals surface area contributed by atoms with Crippen LogP contribution in [-0.4, -0.2) is 32.7 Å². The second-order valence-electron chi connectivity index (χ2n) is 5.54. The Kier molecular flexibility index (Phi) is 5.70. The lowest BCUT2D eigenvalue weighted by molar-refractivity contribution is -0.121. The summed E-state index contributed by atoms with van der Waals surface area (Å²) >= 11 is 0. The van der Waals surface area contributed by atoms with Gasteiger partial charge in [0.25, 0.3) is 0 Å². The zero-order valence-electron chi connectivity index (χ0n) is 12.6. The number of fused-ring (bicyclic) bond motifs is 1. The highest BCUT2D eigenvalue weighted by atomic mass is 19.1. The van der Waals surface area contributed by atoms with Gasteiger partial charge in [0.15, 0.2) is 0 Å². The number of benzene rings is 1. The van der Waals surface area contributed by atoms with Crippen molar-refractivity contribution in [2.75, 3.05) is 26.8 Å². The molecule has 4 nitrogen and oxygen atoms in total. The molecule has 0 bridgehead atoms. The molecular formula is C16H23FN2O2.